The largest absolute Gasteiger partial charge is 0.447 e. The molecule has 2 unspecified atom stereocenters. The number of nitrogens with two attached hydrogens (primary N) is 4. The number of carbonyl (C=O) groups is 2. The average Bonchev–Trinajstić information content (AvgIpc) is 2.98. The summed E-state index contributed by atoms with van der Waals surface area (Å²) in [4.78, 5) is 24.1. The number of carbonyl (C=O) groups excluding carboxylic acids is 2. The normalized spacial score (nSPS) is 12.7. The van der Waals surface area contributed by atoms with Gasteiger partial charge in [0.05, 0.1) is 0 Å². The number of ether oxygens (including phenoxy) is 2. The second-order valence-corrected chi connectivity index (χ2v) is 12.6. The van der Waals surface area contributed by atoms with Crippen molar-refractivity contribution in [3.8, 4) is 0 Å². The van der Waals surface area contributed by atoms with Gasteiger partial charge in [-0.3, -0.25) is 21.1 Å². The topological polar surface area (TPSA) is 157 Å². The van der Waals surface area contributed by atoms with Crippen LogP contribution < -0.4 is 22.9 Å². The van der Waals surface area contributed by atoms with Gasteiger partial charge in [-0.05, 0) is 64.5 Å². The van der Waals surface area contributed by atoms with Crippen molar-refractivity contribution in [3.63, 3.8) is 0 Å². The summed E-state index contributed by atoms with van der Waals surface area (Å²) < 4.78 is 10.7. The summed E-state index contributed by atoms with van der Waals surface area (Å²) >= 11 is 0. The predicted molar refractivity (Wildman–Crippen MR) is 180 cm³/mol. The highest BCUT2D eigenvalue weighted by atomic mass is 16.6. The summed E-state index contributed by atoms with van der Waals surface area (Å²) in [6.45, 7) is 1.62. The molecule has 0 saturated heterocycles. The lowest BCUT2D eigenvalue weighted by atomic mass is 10.1. The molecule has 43 heavy (non-hydrogen) atoms. The first-order chi connectivity index (χ1) is 21.0. The van der Waals surface area contributed by atoms with Crippen molar-refractivity contribution in [2.45, 2.75) is 199 Å². The first-order valence-corrected chi connectivity index (χ1v) is 18.3. The van der Waals surface area contributed by atoms with Crippen molar-refractivity contribution < 1.29 is 19.1 Å². The molecule has 0 spiro atoms. The second kappa shape index (κ2) is 33.7. The van der Waals surface area contributed by atoms with E-state index < -0.39 is 12.5 Å². The molecule has 0 radical (unpaired) electrons. The number of rotatable bonds is 34. The zero-order valence-electron chi connectivity index (χ0n) is 28.0. The molecule has 0 aromatic carbocycles. The fourth-order valence-electron chi connectivity index (χ4n) is 5.45. The summed E-state index contributed by atoms with van der Waals surface area (Å²) in [7, 11) is 0. The van der Waals surface area contributed by atoms with Crippen LogP contribution in [0.2, 0.25) is 0 Å². The van der Waals surface area contributed by atoms with Gasteiger partial charge in [0.25, 0.3) is 0 Å². The average molecular weight is 613 g/mol. The maximum atomic E-state index is 12.0. The Kier molecular flexibility index (Phi) is 32.7. The Labute approximate surface area is 265 Å². The van der Waals surface area contributed by atoms with Crippen LogP contribution in [0.1, 0.15) is 186 Å². The van der Waals surface area contributed by atoms with Gasteiger partial charge in [0.1, 0.15) is 0 Å². The lowest BCUT2D eigenvalue weighted by Crippen LogP contribution is -2.27. The van der Waals surface area contributed by atoms with Crippen molar-refractivity contribution >= 4 is 11.9 Å². The fraction of sp³-hybridized carbons (Fsp3) is 0.943. The Hall–Kier alpha value is -1.22. The predicted octanol–water partition coefficient (Wildman–Crippen LogP) is 7.87. The Bertz CT molecular complexity index is 558. The molecule has 2 atom stereocenters. The number of hydrogen-bond donors (Lipinski definition) is 4. The van der Waals surface area contributed by atoms with Gasteiger partial charge in [-0.15, -0.1) is 0 Å². The van der Waals surface area contributed by atoms with E-state index >= 15 is 0 Å². The lowest BCUT2D eigenvalue weighted by molar-refractivity contribution is -0.150. The third kappa shape index (κ3) is 33.5. The van der Waals surface area contributed by atoms with Gasteiger partial charge in [-0.2, -0.15) is 0 Å². The molecule has 0 heterocycles. The number of unbranched alkanes of at least 4 members (excludes halogenated alkanes) is 22. The van der Waals surface area contributed by atoms with Crippen LogP contribution in [0.15, 0.2) is 0 Å². The van der Waals surface area contributed by atoms with E-state index in [1.54, 1.807) is 0 Å². The van der Waals surface area contributed by atoms with Crippen molar-refractivity contribution in [2.75, 3.05) is 13.1 Å². The van der Waals surface area contributed by atoms with E-state index in [1.807, 2.05) is 0 Å². The van der Waals surface area contributed by atoms with E-state index in [4.69, 9.17) is 32.4 Å². The monoisotopic (exact) mass is 613 g/mol. The maximum Gasteiger partial charge on any atom is 0.307 e. The van der Waals surface area contributed by atoms with Crippen LogP contribution in [-0.2, 0) is 19.1 Å². The Morgan fingerprint density at radius 3 is 0.884 bits per heavy atom. The van der Waals surface area contributed by atoms with Crippen LogP contribution in [0.3, 0.4) is 0 Å². The van der Waals surface area contributed by atoms with Gasteiger partial charge in [0.2, 0.25) is 0 Å². The smallest absolute Gasteiger partial charge is 0.307 e. The van der Waals surface area contributed by atoms with Crippen molar-refractivity contribution in [1.82, 2.24) is 0 Å². The second-order valence-electron chi connectivity index (χ2n) is 12.6. The molecule has 0 fully saturated rings. The quantitative estimate of drug-likeness (QED) is 0.0325. The first-order valence-electron chi connectivity index (χ1n) is 18.3. The molecular weight excluding hydrogens is 540 g/mol. The van der Waals surface area contributed by atoms with E-state index in [1.165, 1.54) is 89.9 Å². The summed E-state index contributed by atoms with van der Waals surface area (Å²) in [6.07, 6.45) is 30.4. The fourth-order valence-corrected chi connectivity index (χ4v) is 5.45. The molecule has 0 bridgehead atoms. The highest BCUT2D eigenvalue weighted by molar-refractivity contribution is 5.69. The van der Waals surface area contributed by atoms with Gasteiger partial charge in [-0.25, -0.2) is 0 Å². The minimum Gasteiger partial charge on any atom is -0.447 e. The first kappa shape index (κ1) is 41.8. The summed E-state index contributed by atoms with van der Waals surface area (Å²) in [6, 6.07) is 0. The van der Waals surface area contributed by atoms with Gasteiger partial charge in [0.15, 0.2) is 12.5 Å². The third-order valence-electron chi connectivity index (χ3n) is 8.21. The summed E-state index contributed by atoms with van der Waals surface area (Å²) in [5, 5.41) is 0. The molecule has 256 valence electrons. The summed E-state index contributed by atoms with van der Waals surface area (Å²) in [5.41, 5.74) is 23.0. The molecule has 0 aliphatic rings. The zero-order valence-corrected chi connectivity index (χ0v) is 28.0. The van der Waals surface area contributed by atoms with Crippen molar-refractivity contribution in [1.29, 1.82) is 0 Å². The SMILES string of the molecule is NCCCCCCCCCCCCC(N)OC(=O)CCCCCCCC(=O)OC(N)CCCCCCCCCCCCN. The van der Waals surface area contributed by atoms with Gasteiger partial charge >= 0.3 is 11.9 Å². The van der Waals surface area contributed by atoms with Crippen LogP contribution in [0.4, 0.5) is 0 Å². The molecule has 0 aromatic heterocycles. The van der Waals surface area contributed by atoms with E-state index in [0.717, 1.165) is 96.6 Å². The van der Waals surface area contributed by atoms with Crippen LogP contribution in [-0.4, -0.2) is 37.5 Å². The minimum atomic E-state index is -0.487. The zero-order chi connectivity index (χ0) is 31.6. The maximum absolute atomic E-state index is 12.0. The molecule has 0 aliphatic heterocycles. The van der Waals surface area contributed by atoms with Gasteiger partial charge in [0, 0.05) is 12.8 Å². The van der Waals surface area contributed by atoms with Gasteiger partial charge in [-0.1, -0.05) is 122 Å². The highest BCUT2D eigenvalue weighted by Crippen LogP contribution is 2.14. The van der Waals surface area contributed by atoms with Crippen LogP contribution in [0.5, 0.6) is 0 Å². The van der Waals surface area contributed by atoms with E-state index in [-0.39, 0.29) is 11.9 Å². The molecule has 0 aromatic rings. The minimum absolute atomic E-state index is 0.200. The van der Waals surface area contributed by atoms with Crippen LogP contribution >= 0.6 is 0 Å². The molecule has 0 amide bonds. The van der Waals surface area contributed by atoms with E-state index in [9.17, 15) is 9.59 Å². The van der Waals surface area contributed by atoms with E-state index in [0.29, 0.717) is 12.8 Å². The molecule has 0 rings (SSSR count). The Balaban J connectivity index is 3.46. The van der Waals surface area contributed by atoms with Crippen LogP contribution in [0.25, 0.3) is 0 Å². The molecule has 0 saturated carbocycles. The lowest BCUT2D eigenvalue weighted by Gasteiger charge is -2.13. The summed E-state index contributed by atoms with van der Waals surface area (Å²) in [5.74, 6) is -0.400. The molecule has 8 N–H and O–H groups in total. The number of esters is 2. The molecule has 8 nitrogen and oxygen atoms in total. The molecular formula is C35H72N4O4. The van der Waals surface area contributed by atoms with Crippen LogP contribution in [0, 0.1) is 0 Å². The third-order valence-corrected chi connectivity index (χ3v) is 8.21. The van der Waals surface area contributed by atoms with Crippen molar-refractivity contribution in [3.05, 3.63) is 0 Å². The molecule has 8 heteroatoms. The Morgan fingerprint density at radius 1 is 0.372 bits per heavy atom. The number of hydrogen-bond acceptors (Lipinski definition) is 8. The van der Waals surface area contributed by atoms with Crippen molar-refractivity contribution in [2.24, 2.45) is 22.9 Å². The molecule has 0 aliphatic carbocycles. The Morgan fingerprint density at radius 2 is 0.605 bits per heavy atom. The standard InChI is InChI=1S/C35H72N4O4/c36-30-24-18-11-7-3-1-5-9-14-20-26-32(38)42-34(40)28-22-16-13-17-23-29-35(41)43-33(39)27-21-15-10-6-2-4-8-12-19-25-31-37/h32-33H,1-31,36-39H2. The van der Waals surface area contributed by atoms with E-state index in [2.05, 4.69) is 0 Å². The van der Waals surface area contributed by atoms with Gasteiger partial charge < -0.3 is 20.9 Å². The highest BCUT2D eigenvalue weighted by Gasteiger charge is 2.11.